The third-order valence-electron chi connectivity index (χ3n) is 3.80. The molecule has 20 heavy (non-hydrogen) atoms. The van der Waals surface area contributed by atoms with Crippen LogP contribution in [-0.4, -0.2) is 29.3 Å². The van der Waals surface area contributed by atoms with Gasteiger partial charge in [0.25, 0.3) is 0 Å². The highest BCUT2D eigenvalue weighted by Crippen LogP contribution is 2.18. The van der Waals surface area contributed by atoms with Crippen LogP contribution in [0.4, 0.5) is 5.69 Å². The molecule has 0 radical (unpaired) electrons. The van der Waals surface area contributed by atoms with Gasteiger partial charge < -0.3 is 10.2 Å². The van der Waals surface area contributed by atoms with E-state index in [1.807, 2.05) is 24.3 Å². The van der Waals surface area contributed by atoms with E-state index in [9.17, 15) is 9.59 Å². The average molecular weight is 274 g/mol. The maximum Gasteiger partial charge on any atom is 0.246 e. The summed E-state index contributed by atoms with van der Waals surface area (Å²) in [5, 5.41) is 2.87. The number of amides is 2. The summed E-state index contributed by atoms with van der Waals surface area (Å²) in [6.45, 7) is 6.73. The number of rotatable bonds is 4. The van der Waals surface area contributed by atoms with Crippen molar-refractivity contribution in [3.05, 3.63) is 29.8 Å². The minimum absolute atomic E-state index is 0.0720. The molecule has 108 valence electrons. The first-order valence-corrected chi connectivity index (χ1v) is 7.19. The van der Waals surface area contributed by atoms with Gasteiger partial charge in [0.1, 0.15) is 6.04 Å². The van der Waals surface area contributed by atoms with Crippen molar-refractivity contribution in [2.45, 2.75) is 45.6 Å². The molecule has 4 heteroatoms. The average Bonchev–Trinajstić information content (AvgIpc) is 2.84. The van der Waals surface area contributed by atoms with Crippen molar-refractivity contribution in [1.29, 1.82) is 0 Å². The Balaban J connectivity index is 1.98. The third kappa shape index (κ3) is 3.18. The number of likely N-dealkylation sites (tertiary alicyclic amines) is 1. The van der Waals surface area contributed by atoms with Crippen molar-refractivity contribution in [2.75, 3.05) is 11.9 Å². The second-order valence-corrected chi connectivity index (χ2v) is 5.63. The summed E-state index contributed by atoms with van der Waals surface area (Å²) < 4.78 is 0. The lowest BCUT2D eigenvalue weighted by Gasteiger charge is -2.23. The van der Waals surface area contributed by atoms with Gasteiger partial charge in [-0.05, 0) is 37.0 Å². The first-order valence-electron chi connectivity index (χ1n) is 7.19. The van der Waals surface area contributed by atoms with Gasteiger partial charge in [-0.2, -0.15) is 0 Å². The van der Waals surface area contributed by atoms with E-state index < -0.39 is 6.04 Å². The lowest BCUT2D eigenvalue weighted by Crippen LogP contribution is -2.42. The molecule has 1 aromatic carbocycles. The van der Waals surface area contributed by atoms with Gasteiger partial charge in [-0.15, -0.1) is 0 Å². The Hall–Kier alpha value is -1.84. The molecule has 1 aromatic rings. The summed E-state index contributed by atoms with van der Waals surface area (Å²) in [6, 6.07) is 7.45. The molecule has 0 saturated carbocycles. The molecule has 1 N–H and O–H groups in total. The number of hydrogen-bond donors (Lipinski definition) is 1. The zero-order chi connectivity index (χ0) is 14.7. The Kier molecular flexibility index (Phi) is 4.42. The molecule has 1 unspecified atom stereocenters. The van der Waals surface area contributed by atoms with Crippen molar-refractivity contribution >= 4 is 17.5 Å². The fraction of sp³-hybridized carbons (Fsp3) is 0.500. The molecule has 1 aliphatic rings. The van der Waals surface area contributed by atoms with Crippen LogP contribution in [0.25, 0.3) is 0 Å². The van der Waals surface area contributed by atoms with Crippen molar-refractivity contribution < 1.29 is 9.59 Å². The Morgan fingerprint density at radius 2 is 1.85 bits per heavy atom. The summed E-state index contributed by atoms with van der Waals surface area (Å²) >= 11 is 0. The number of nitrogens with zero attached hydrogens (tertiary/aromatic N) is 1. The molecule has 0 spiro atoms. The first-order chi connectivity index (χ1) is 9.49. The van der Waals surface area contributed by atoms with Gasteiger partial charge in [0, 0.05) is 18.7 Å². The molecular formula is C16H22N2O2. The summed E-state index contributed by atoms with van der Waals surface area (Å²) in [5.41, 5.74) is 2.02. The zero-order valence-corrected chi connectivity index (χ0v) is 12.3. The molecular weight excluding hydrogens is 252 g/mol. The Labute approximate surface area is 120 Å². The van der Waals surface area contributed by atoms with Crippen LogP contribution < -0.4 is 5.32 Å². The molecule has 1 heterocycles. The van der Waals surface area contributed by atoms with Gasteiger partial charge in [-0.1, -0.05) is 26.0 Å². The van der Waals surface area contributed by atoms with Gasteiger partial charge in [-0.3, -0.25) is 9.59 Å². The van der Waals surface area contributed by atoms with Crippen LogP contribution in [0.3, 0.4) is 0 Å². The topological polar surface area (TPSA) is 49.4 Å². The number of benzene rings is 1. The minimum atomic E-state index is -0.408. The SMILES string of the molecule is CC(C)c1ccc(NC(=O)C(C)N2CCCC2=O)cc1. The van der Waals surface area contributed by atoms with Crippen LogP contribution in [0.2, 0.25) is 0 Å². The molecule has 2 amide bonds. The van der Waals surface area contributed by atoms with Crippen LogP contribution in [0, 0.1) is 0 Å². The van der Waals surface area contributed by atoms with E-state index >= 15 is 0 Å². The molecule has 1 fully saturated rings. The summed E-state index contributed by atoms with van der Waals surface area (Å²) in [6.07, 6.45) is 1.40. The number of carbonyl (C=O) groups excluding carboxylic acids is 2. The summed E-state index contributed by atoms with van der Waals surface area (Å²) in [4.78, 5) is 25.4. The standard InChI is InChI=1S/C16H22N2O2/c1-11(2)13-6-8-14(9-7-13)17-16(20)12(3)18-10-4-5-15(18)19/h6-9,11-12H,4-5,10H2,1-3H3,(H,17,20). The van der Waals surface area contributed by atoms with Crippen molar-refractivity contribution in [2.24, 2.45) is 0 Å². The maximum absolute atomic E-state index is 12.2. The van der Waals surface area contributed by atoms with Gasteiger partial charge in [0.05, 0.1) is 0 Å². The Morgan fingerprint density at radius 1 is 1.20 bits per heavy atom. The van der Waals surface area contributed by atoms with Crippen molar-refractivity contribution in [3.8, 4) is 0 Å². The fourth-order valence-electron chi connectivity index (χ4n) is 2.42. The summed E-state index contributed by atoms with van der Waals surface area (Å²) in [5.74, 6) is 0.418. The van der Waals surface area contributed by atoms with E-state index in [0.29, 0.717) is 18.9 Å². The lowest BCUT2D eigenvalue weighted by atomic mass is 10.0. The highest BCUT2D eigenvalue weighted by atomic mass is 16.2. The lowest BCUT2D eigenvalue weighted by molar-refractivity contribution is -0.134. The van der Waals surface area contributed by atoms with E-state index in [0.717, 1.165) is 12.1 Å². The van der Waals surface area contributed by atoms with Crippen molar-refractivity contribution in [1.82, 2.24) is 4.90 Å². The summed E-state index contributed by atoms with van der Waals surface area (Å²) in [7, 11) is 0. The van der Waals surface area contributed by atoms with Crippen LogP contribution in [-0.2, 0) is 9.59 Å². The number of anilines is 1. The van der Waals surface area contributed by atoms with Gasteiger partial charge >= 0.3 is 0 Å². The van der Waals surface area contributed by atoms with Gasteiger partial charge in [0.15, 0.2) is 0 Å². The molecule has 0 aliphatic carbocycles. The van der Waals surface area contributed by atoms with Crippen molar-refractivity contribution in [3.63, 3.8) is 0 Å². The molecule has 4 nitrogen and oxygen atoms in total. The third-order valence-corrected chi connectivity index (χ3v) is 3.80. The molecule has 0 aromatic heterocycles. The normalized spacial score (nSPS) is 16.6. The van der Waals surface area contributed by atoms with E-state index in [4.69, 9.17) is 0 Å². The predicted molar refractivity (Wildman–Crippen MR) is 79.6 cm³/mol. The van der Waals surface area contributed by atoms with Crippen LogP contribution in [0.1, 0.15) is 45.1 Å². The predicted octanol–water partition coefficient (Wildman–Crippen LogP) is 2.76. The quantitative estimate of drug-likeness (QED) is 0.917. The largest absolute Gasteiger partial charge is 0.331 e. The number of hydrogen-bond acceptors (Lipinski definition) is 2. The van der Waals surface area contributed by atoms with Gasteiger partial charge in [-0.25, -0.2) is 0 Å². The second-order valence-electron chi connectivity index (χ2n) is 5.63. The Morgan fingerprint density at radius 3 is 2.35 bits per heavy atom. The van der Waals surface area contributed by atoms with Crippen LogP contribution in [0.5, 0.6) is 0 Å². The van der Waals surface area contributed by atoms with Crippen LogP contribution in [0.15, 0.2) is 24.3 Å². The molecule has 0 bridgehead atoms. The van der Waals surface area contributed by atoms with E-state index in [2.05, 4.69) is 19.2 Å². The minimum Gasteiger partial charge on any atom is -0.331 e. The highest BCUT2D eigenvalue weighted by Gasteiger charge is 2.29. The van der Waals surface area contributed by atoms with E-state index in [1.165, 1.54) is 5.56 Å². The highest BCUT2D eigenvalue weighted by molar-refractivity contribution is 5.97. The molecule has 1 atom stereocenters. The molecule has 1 saturated heterocycles. The number of nitrogens with one attached hydrogen (secondary N) is 1. The monoisotopic (exact) mass is 274 g/mol. The smallest absolute Gasteiger partial charge is 0.246 e. The van der Waals surface area contributed by atoms with E-state index in [-0.39, 0.29) is 11.8 Å². The maximum atomic E-state index is 12.2. The van der Waals surface area contributed by atoms with Crippen LogP contribution >= 0.6 is 0 Å². The number of carbonyl (C=O) groups is 2. The second kappa shape index (κ2) is 6.07. The van der Waals surface area contributed by atoms with E-state index in [1.54, 1.807) is 11.8 Å². The first kappa shape index (κ1) is 14.6. The Bertz CT molecular complexity index is 494. The molecule has 2 rings (SSSR count). The van der Waals surface area contributed by atoms with Gasteiger partial charge in [0.2, 0.25) is 11.8 Å². The zero-order valence-electron chi connectivity index (χ0n) is 12.3. The fourth-order valence-corrected chi connectivity index (χ4v) is 2.42. The molecule has 1 aliphatic heterocycles.